The van der Waals surface area contributed by atoms with Gasteiger partial charge in [0.25, 0.3) is 0 Å². The number of halogens is 2. The van der Waals surface area contributed by atoms with E-state index >= 15 is 0 Å². The fraction of sp³-hybridized carbons (Fsp3) is 0.200. The van der Waals surface area contributed by atoms with Crippen molar-refractivity contribution in [3.05, 3.63) is 100 Å². The van der Waals surface area contributed by atoms with Crippen LogP contribution in [0.3, 0.4) is 0 Å². The smallest absolute Gasteiger partial charge is 0.238 e. The first kappa shape index (κ1) is 20.1. The van der Waals surface area contributed by atoms with Gasteiger partial charge in [-0.3, -0.25) is 9.59 Å². The highest BCUT2D eigenvalue weighted by Crippen LogP contribution is 2.60. The molecule has 31 heavy (non-hydrogen) atoms. The summed E-state index contributed by atoms with van der Waals surface area (Å²) in [4.78, 5) is 27.0. The summed E-state index contributed by atoms with van der Waals surface area (Å²) >= 11 is 13.0. The van der Waals surface area contributed by atoms with Crippen LogP contribution >= 0.6 is 23.4 Å². The van der Waals surface area contributed by atoms with Crippen molar-refractivity contribution in [2.75, 3.05) is 5.32 Å². The van der Waals surface area contributed by atoms with E-state index in [1.165, 1.54) is 4.42 Å². The van der Waals surface area contributed by atoms with E-state index in [-0.39, 0.29) is 18.2 Å². The summed E-state index contributed by atoms with van der Waals surface area (Å²) in [5, 5.41) is 3.62. The molecule has 0 aromatic heterocycles. The third kappa shape index (κ3) is 2.89. The predicted molar refractivity (Wildman–Crippen MR) is 122 cm³/mol. The van der Waals surface area contributed by atoms with Gasteiger partial charge in [-0.05, 0) is 47.4 Å². The molecule has 0 radical (unpaired) electrons. The molecule has 3 unspecified atom stereocenters. The molecule has 3 atom stereocenters. The number of amides is 2. The van der Waals surface area contributed by atoms with Gasteiger partial charge in [-0.25, -0.2) is 4.42 Å². The van der Waals surface area contributed by atoms with Gasteiger partial charge in [-0.15, -0.1) is 0 Å². The quantitative estimate of drug-likeness (QED) is 0.505. The van der Waals surface area contributed by atoms with E-state index in [1.54, 1.807) is 6.07 Å². The second kappa shape index (κ2) is 7.40. The molecule has 1 fully saturated rings. The number of anilines is 1. The fourth-order valence-corrected chi connectivity index (χ4v) is 5.75. The van der Waals surface area contributed by atoms with Crippen LogP contribution in [0, 0.1) is 6.92 Å². The van der Waals surface area contributed by atoms with Crippen LogP contribution in [-0.4, -0.2) is 16.2 Å². The molecule has 0 bridgehead atoms. The minimum absolute atomic E-state index is 0.105. The number of carbonyl (C=O) groups is 2. The Labute approximate surface area is 190 Å². The maximum absolute atomic E-state index is 13.9. The van der Waals surface area contributed by atoms with Crippen molar-refractivity contribution >= 4 is 40.9 Å². The highest BCUT2D eigenvalue weighted by Gasteiger charge is 2.63. The summed E-state index contributed by atoms with van der Waals surface area (Å²) in [7, 11) is 0. The minimum atomic E-state index is -1.09. The number of carbonyl (C=O) groups excluding carboxylic acids is 2. The lowest BCUT2D eigenvalue weighted by Crippen LogP contribution is -2.56. The molecule has 156 valence electrons. The monoisotopic (exact) mass is 450 g/mol. The zero-order valence-corrected chi connectivity index (χ0v) is 18.3. The third-order valence-corrected chi connectivity index (χ3v) is 7.17. The molecule has 5 rings (SSSR count). The number of hydrogen-bond acceptors (Lipinski definition) is 2. The molecule has 2 aliphatic rings. The maximum Gasteiger partial charge on any atom is 0.238 e. The molecule has 4 nitrogen and oxygen atoms in total. The number of benzene rings is 3. The Balaban J connectivity index is 1.85. The topological polar surface area (TPSA) is 49.4 Å². The number of aryl methyl sites for hydroxylation is 1. The predicted octanol–water partition coefficient (Wildman–Crippen LogP) is 5.75. The average molecular weight is 451 g/mol. The van der Waals surface area contributed by atoms with Gasteiger partial charge in [0.1, 0.15) is 5.41 Å². The van der Waals surface area contributed by atoms with Gasteiger partial charge in [0.05, 0.1) is 6.04 Å². The van der Waals surface area contributed by atoms with Gasteiger partial charge in [0.15, 0.2) is 0 Å². The highest BCUT2D eigenvalue weighted by molar-refractivity contribution is 6.30. The zero-order chi connectivity index (χ0) is 21.8. The molecule has 0 aliphatic carbocycles. The SMILES string of the molecule is Cc1ccccc1C1N(Cl)C(=O)CC(c2cccc(Cl)c2)C12C(=O)Nc1ccccc12. The maximum atomic E-state index is 13.9. The van der Waals surface area contributed by atoms with E-state index in [9.17, 15) is 9.59 Å². The first-order chi connectivity index (χ1) is 14.9. The second-order valence-electron chi connectivity index (χ2n) is 8.14. The molecule has 2 amide bonds. The van der Waals surface area contributed by atoms with Crippen LogP contribution in [0.15, 0.2) is 72.8 Å². The summed E-state index contributed by atoms with van der Waals surface area (Å²) in [6.45, 7) is 1.97. The van der Waals surface area contributed by atoms with Gasteiger partial charge in [0.2, 0.25) is 11.8 Å². The van der Waals surface area contributed by atoms with E-state index < -0.39 is 17.4 Å². The second-order valence-corrected chi connectivity index (χ2v) is 8.95. The lowest BCUT2D eigenvalue weighted by atomic mass is 9.59. The van der Waals surface area contributed by atoms with Crippen molar-refractivity contribution in [1.29, 1.82) is 0 Å². The number of nitrogens with one attached hydrogen (secondary N) is 1. The van der Waals surface area contributed by atoms with Crippen LogP contribution in [0.1, 0.15) is 40.6 Å². The zero-order valence-electron chi connectivity index (χ0n) is 16.8. The normalized spacial score (nSPS) is 24.9. The van der Waals surface area contributed by atoms with Crippen molar-refractivity contribution in [1.82, 2.24) is 4.42 Å². The van der Waals surface area contributed by atoms with E-state index in [0.717, 1.165) is 27.9 Å². The molecule has 0 saturated carbocycles. The van der Waals surface area contributed by atoms with Crippen molar-refractivity contribution in [2.24, 2.45) is 0 Å². The number of nitrogens with zero attached hydrogens (tertiary/aromatic N) is 1. The van der Waals surface area contributed by atoms with Gasteiger partial charge < -0.3 is 5.32 Å². The summed E-state index contributed by atoms with van der Waals surface area (Å²) in [5.74, 6) is -0.810. The van der Waals surface area contributed by atoms with Crippen LogP contribution in [0.25, 0.3) is 0 Å². The van der Waals surface area contributed by atoms with Crippen LogP contribution in [0.4, 0.5) is 5.69 Å². The standard InChI is InChI=1S/C25H20Cl2N2O2/c1-15-7-2-3-10-18(15)23-25(19-11-4-5-12-21(19)28-24(25)31)20(14-22(30)29(23)27)16-8-6-9-17(26)13-16/h2-13,20,23H,14H2,1H3,(H,28,31). The molecule has 1 spiro atoms. The average Bonchev–Trinajstić information content (AvgIpc) is 3.04. The summed E-state index contributed by atoms with van der Waals surface area (Å²) in [6, 6.07) is 22.1. The van der Waals surface area contributed by atoms with Crippen LogP contribution in [-0.2, 0) is 15.0 Å². The molecule has 6 heteroatoms. The number of piperidine rings is 1. The van der Waals surface area contributed by atoms with E-state index in [0.29, 0.717) is 5.02 Å². The molecular weight excluding hydrogens is 431 g/mol. The molecule has 1 saturated heterocycles. The first-order valence-corrected chi connectivity index (χ1v) is 10.9. The Morgan fingerprint density at radius 1 is 1.00 bits per heavy atom. The Morgan fingerprint density at radius 2 is 1.74 bits per heavy atom. The Bertz CT molecular complexity index is 1210. The lowest BCUT2D eigenvalue weighted by Gasteiger charge is -2.49. The van der Waals surface area contributed by atoms with Crippen molar-refractivity contribution in [3.8, 4) is 0 Å². The van der Waals surface area contributed by atoms with Gasteiger partial charge in [-0.1, -0.05) is 66.2 Å². The molecular formula is C25H20Cl2N2O2. The summed E-state index contributed by atoms with van der Waals surface area (Å²) in [5.41, 5.74) is 3.16. The van der Waals surface area contributed by atoms with Crippen LogP contribution in [0.2, 0.25) is 5.02 Å². The molecule has 2 aliphatic heterocycles. The van der Waals surface area contributed by atoms with Crippen molar-refractivity contribution in [3.63, 3.8) is 0 Å². The summed E-state index contributed by atoms with van der Waals surface area (Å²) in [6.07, 6.45) is 0.105. The van der Waals surface area contributed by atoms with E-state index in [1.807, 2.05) is 73.7 Å². The van der Waals surface area contributed by atoms with E-state index in [2.05, 4.69) is 5.32 Å². The van der Waals surface area contributed by atoms with Crippen LogP contribution < -0.4 is 5.32 Å². The first-order valence-electron chi connectivity index (χ1n) is 10.1. The minimum Gasteiger partial charge on any atom is -0.325 e. The van der Waals surface area contributed by atoms with E-state index in [4.69, 9.17) is 23.4 Å². The Morgan fingerprint density at radius 3 is 2.52 bits per heavy atom. The third-order valence-electron chi connectivity index (χ3n) is 6.56. The number of hydrogen-bond donors (Lipinski definition) is 1. The molecule has 3 aromatic carbocycles. The summed E-state index contributed by atoms with van der Waals surface area (Å²) < 4.78 is 1.23. The van der Waals surface area contributed by atoms with Gasteiger partial charge >= 0.3 is 0 Å². The van der Waals surface area contributed by atoms with Gasteiger partial charge in [0, 0.05) is 34.8 Å². The highest BCUT2D eigenvalue weighted by atomic mass is 35.5. The molecule has 1 N–H and O–H groups in total. The fourth-order valence-electron chi connectivity index (χ4n) is 5.22. The molecule has 3 aromatic rings. The number of fused-ring (bicyclic) bond motifs is 2. The van der Waals surface area contributed by atoms with Crippen molar-refractivity contribution < 1.29 is 9.59 Å². The van der Waals surface area contributed by atoms with Crippen molar-refractivity contribution in [2.45, 2.75) is 30.7 Å². The Kier molecular flexibility index (Phi) is 4.80. The largest absolute Gasteiger partial charge is 0.325 e. The molecule has 2 heterocycles. The lowest BCUT2D eigenvalue weighted by molar-refractivity contribution is -0.138. The number of para-hydroxylation sites is 1. The van der Waals surface area contributed by atoms with Gasteiger partial charge in [-0.2, -0.15) is 0 Å². The number of rotatable bonds is 2. The van der Waals surface area contributed by atoms with Crippen LogP contribution in [0.5, 0.6) is 0 Å². The Hall–Kier alpha value is -2.82.